The second-order valence-corrected chi connectivity index (χ2v) is 5.25. The number of nitrogens with zero attached hydrogens (tertiary/aromatic N) is 2. The molecule has 1 heterocycles. The van der Waals surface area contributed by atoms with Crippen LogP contribution in [0.1, 0.15) is 38.9 Å². The van der Waals surface area contributed by atoms with Gasteiger partial charge in [-0.3, -0.25) is 0 Å². The molecule has 0 spiro atoms. The van der Waals surface area contributed by atoms with Crippen LogP contribution in [0.2, 0.25) is 0 Å². The predicted octanol–water partition coefficient (Wildman–Crippen LogP) is 4.56. The third-order valence-electron chi connectivity index (χ3n) is 3.73. The molecule has 0 unspecified atom stereocenters. The number of halogens is 1. The number of rotatable bonds is 7. The number of fused-ring (bicyclic) bond motifs is 1. The van der Waals surface area contributed by atoms with Crippen LogP contribution < -0.4 is 4.74 Å². The van der Waals surface area contributed by atoms with Crippen molar-refractivity contribution in [1.82, 2.24) is 9.55 Å². The van der Waals surface area contributed by atoms with E-state index in [9.17, 15) is 4.39 Å². The molecule has 0 N–H and O–H groups in total. The van der Waals surface area contributed by atoms with E-state index in [1.165, 1.54) is 0 Å². The zero-order valence-corrected chi connectivity index (χ0v) is 13.0. The number of unbranched alkanes of at least 4 members (excludes halogenated alkanes) is 1. The van der Waals surface area contributed by atoms with E-state index in [1.807, 2.05) is 32.2 Å². The number of aromatic nitrogens is 2. The van der Waals surface area contributed by atoms with Crippen LogP contribution in [0.3, 0.4) is 0 Å². The van der Waals surface area contributed by atoms with Crippen molar-refractivity contribution in [2.24, 2.45) is 7.05 Å². The van der Waals surface area contributed by atoms with E-state index in [0.717, 1.165) is 41.9 Å². The maximum absolute atomic E-state index is 12.5. The van der Waals surface area contributed by atoms with E-state index in [1.54, 1.807) is 0 Å². The molecule has 4 heteroatoms. The molecule has 0 aliphatic rings. The largest absolute Gasteiger partial charge is 0.489 e. The summed E-state index contributed by atoms with van der Waals surface area (Å²) in [6, 6.07) is 5.83. The maximum Gasteiger partial charge on any atom is 0.122 e. The third-order valence-corrected chi connectivity index (χ3v) is 3.73. The van der Waals surface area contributed by atoms with Gasteiger partial charge in [-0.05, 0) is 30.5 Å². The first kappa shape index (κ1) is 15.5. The van der Waals surface area contributed by atoms with Crippen molar-refractivity contribution in [2.75, 3.05) is 6.61 Å². The van der Waals surface area contributed by atoms with Gasteiger partial charge in [-0.25, -0.2) is 9.37 Å². The molecule has 0 aliphatic heterocycles. The van der Waals surface area contributed by atoms with Gasteiger partial charge in [0, 0.05) is 19.5 Å². The molecule has 21 heavy (non-hydrogen) atoms. The van der Waals surface area contributed by atoms with Crippen molar-refractivity contribution < 1.29 is 9.13 Å². The Morgan fingerprint density at radius 2 is 2.19 bits per heavy atom. The molecule has 1 aromatic heterocycles. The fourth-order valence-electron chi connectivity index (χ4n) is 2.25. The highest BCUT2D eigenvalue weighted by atomic mass is 19.1. The van der Waals surface area contributed by atoms with E-state index in [4.69, 9.17) is 4.74 Å². The van der Waals surface area contributed by atoms with Gasteiger partial charge in [-0.2, -0.15) is 0 Å². The molecule has 0 radical (unpaired) electrons. The number of aryl methyl sites for hydroxylation is 2. The first-order valence-corrected chi connectivity index (χ1v) is 7.55. The molecule has 114 valence electrons. The first-order valence-electron chi connectivity index (χ1n) is 7.55. The Bertz CT molecular complexity index is 631. The smallest absolute Gasteiger partial charge is 0.122 e. The Labute approximate surface area is 125 Å². The molecule has 2 aromatic rings. The molecule has 0 saturated carbocycles. The topological polar surface area (TPSA) is 27.1 Å². The Morgan fingerprint density at radius 1 is 1.38 bits per heavy atom. The highest BCUT2D eigenvalue weighted by Gasteiger charge is 2.08. The van der Waals surface area contributed by atoms with Crippen LogP contribution in [0.15, 0.2) is 30.1 Å². The lowest BCUT2D eigenvalue weighted by atomic mass is 10.2. The molecule has 0 amide bonds. The summed E-state index contributed by atoms with van der Waals surface area (Å²) in [4.78, 5) is 4.65. The molecule has 0 atom stereocenters. The van der Waals surface area contributed by atoms with Crippen LogP contribution in [-0.4, -0.2) is 16.2 Å². The normalized spacial score (nSPS) is 12.1. The summed E-state index contributed by atoms with van der Waals surface area (Å²) in [6.45, 7) is 4.39. The second-order valence-electron chi connectivity index (χ2n) is 5.25. The van der Waals surface area contributed by atoms with Crippen LogP contribution in [-0.2, 0) is 13.5 Å². The number of hydrogen-bond donors (Lipinski definition) is 0. The van der Waals surface area contributed by atoms with Crippen LogP contribution in [0.25, 0.3) is 11.0 Å². The number of ether oxygens (including phenoxy) is 1. The highest BCUT2D eigenvalue weighted by molar-refractivity contribution is 5.77. The molecule has 1 aromatic carbocycles. The maximum atomic E-state index is 12.5. The molecule has 0 fully saturated rings. The lowest BCUT2D eigenvalue weighted by molar-refractivity contribution is 0.346. The fourth-order valence-corrected chi connectivity index (χ4v) is 2.25. The van der Waals surface area contributed by atoms with E-state index < -0.39 is 0 Å². The van der Waals surface area contributed by atoms with Gasteiger partial charge >= 0.3 is 0 Å². The first-order chi connectivity index (χ1) is 10.2. The van der Waals surface area contributed by atoms with E-state index >= 15 is 0 Å². The summed E-state index contributed by atoms with van der Waals surface area (Å²) in [5.41, 5.74) is 2.69. The zero-order valence-electron chi connectivity index (χ0n) is 13.0. The Hall–Kier alpha value is -1.84. The average Bonchev–Trinajstić information content (AvgIpc) is 2.82. The average molecular weight is 290 g/mol. The second kappa shape index (κ2) is 7.25. The Balaban J connectivity index is 2.18. The minimum Gasteiger partial charge on any atom is -0.489 e. The van der Waals surface area contributed by atoms with Gasteiger partial charge in [-0.15, -0.1) is 0 Å². The summed E-state index contributed by atoms with van der Waals surface area (Å²) in [7, 11) is 2.03. The molecule has 0 bridgehead atoms. The molecular formula is C17H23FN2O. The summed E-state index contributed by atoms with van der Waals surface area (Å²) in [5.74, 6) is 1.85. The van der Waals surface area contributed by atoms with Gasteiger partial charge in [0.05, 0.1) is 17.4 Å². The van der Waals surface area contributed by atoms with Gasteiger partial charge < -0.3 is 9.30 Å². The predicted molar refractivity (Wildman–Crippen MR) is 84.3 cm³/mol. The lowest BCUT2D eigenvalue weighted by Gasteiger charge is -2.07. The van der Waals surface area contributed by atoms with Gasteiger partial charge in [-0.1, -0.05) is 20.3 Å². The van der Waals surface area contributed by atoms with Crippen molar-refractivity contribution in [3.8, 4) is 5.75 Å². The van der Waals surface area contributed by atoms with Crippen molar-refractivity contribution >= 4 is 11.0 Å². The van der Waals surface area contributed by atoms with E-state index in [2.05, 4.69) is 16.5 Å². The minimum absolute atomic E-state index is 0.291. The number of imidazole rings is 1. The van der Waals surface area contributed by atoms with Crippen LogP contribution in [0.5, 0.6) is 5.75 Å². The third kappa shape index (κ3) is 3.63. The van der Waals surface area contributed by atoms with Gasteiger partial charge in [0.1, 0.15) is 18.2 Å². The monoisotopic (exact) mass is 290 g/mol. The SMILES string of the molecule is CCCCc1nc2ccc(OC/C(=C\F)CC)cc2n1C. The van der Waals surface area contributed by atoms with Gasteiger partial charge in [0.15, 0.2) is 0 Å². The fraction of sp³-hybridized carbons (Fsp3) is 0.471. The van der Waals surface area contributed by atoms with E-state index in [0.29, 0.717) is 24.9 Å². The zero-order chi connectivity index (χ0) is 15.2. The molecule has 0 aliphatic carbocycles. The van der Waals surface area contributed by atoms with Crippen LogP contribution in [0, 0.1) is 0 Å². The van der Waals surface area contributed by atoms with Crippen LogP contribution >= 0.6 is 0 Å². The molecule has 0 saturated heterocycles. The van der Waals surface area contributed by atoms with Crippen molar-refractivity contribution in [3.63, 3.8) is 0 Å². The molecule has 3 nitrogen and oxygen atoms in total. The van der Waals surface area contributed by atoms with Crippen molar-refractivity contribution in [2.45, 2.75) is 39.5 Å². The quantitative estimate of drug-likeness (QED) is 0.747. The lowest BCUT2D eigenvalue weighted by Crippen LogP contribution is -2.00. The van der Waals surface area contributed by atoms with Crippen molar-refractivity contribution in [1.29, 1.82) is 0 Å². The highest BCUT2D eigenvalue weighted by Crippen LogP contribution is 2.22. The Kier molecular flexibility index (Phi) is 5.37. The summed E-state index contributed by atoms with van der Waals surface area (Å²) >= 11 is 0. The van der Waals surface area contributed by atoms with Crippen molar-refractivity contribution in [3.05, 3.63) is 35.9 Å². The Morgan fingerprint density at radius 3 is 2.86 bits per heavy atom. The standard InChI is InChI=1S/C17H23FN2O/c1-4-6-7-17-19-15-9-8-14(10-16(15)20(17)3)21-12-13(5-2)11-18/h8-11H,4-7,12H2,1-3H3/b13-11-. The van der Waals surface area contributed by atoms with Gasteiger partial charge in [0.2, 0.25) is 0 Å². The summed E-state index contributed by atoms with van der Waals surface area (Å²) < 4.78 is 20.3. The number of hydrogen-bond acceptors (Lipinski definition) is 2. The molecule has 2 rings (SSSR count). The summed E-state index contributed by atoms with van der Waals surface area (Å²) in [5, 5.41) is 0. The minimum atomic E-state index is 0.291. The summed E-state index contributed by atoms with van der Waals surface area (Å²) in [6.07, 6.45) is 4.58. The number of benzene rings is 1. The van der Waals surface area contributed by atoms with E-state index in [-0.39, 0.29) is 0 Å². The molecular weight excluding hydrogens is 267 g/mol. The van der Waals surface area contributed by atoms with Gasteiger partial charge in [0.25, 0.3) is 0 Å². The van der Waals surface area contributed by atoms with Crippen LogP contribution in [0.4, 0.5) is 4.39 Å².